The topological polar surface area (TPSA) is 79.5 Å². The summed E-state index contributed by atoms with van der Waals surface area (Å²) in [5.41, 5.74) is 0.680. The number of methoxy groups -OCH3 is 1. The highest BCUT2D eigenvalue weighted by atomic mass is 32.2. The molecule has 0 amide bonds. The van der Waals surface area contributed by atoms with Gasteiger partial charge in [-0.05, 0) is 43.9 Å². The van der Waals surface area contributed by atoms with Gasteiger partial charge in [0.15, 0.2) is 0 Å². The zero-order chi connectivity index (χ0) is 17.2. The molecule has 1 atom stereocenters. The van der Waals surface area contributed by atoms with Gasteiger partial charge in [0.1, 0.15) is 0 Å². The third-order valence-electron chi connectivity index (χ3n) is 4.46. The van der Waals surface area contributed by atoms with Gasteiger partial charge >= 0.3 is 4.87 Å². The molecule has 2 heterocycles. The molecule has 1 N–H and O–H groups in total. The van der Waals surface area contributed by atoms with Gasteiger partial charge in [0, 0.05) is 26.3 Å². The van der Waals surface area contributed by atoms with Crippen LogP contribution in [0.5, 0.6) is 0 Å². The van der Waals surface area contributed by atoms with Crippen LogP contribution in [-0.4, -0.2) is 44.0 Å². The lowest BCUT2D eigenvalue weighted by Gasteiger charge is -2.34. The number of hydrogen-bond donors (Lipinski definition) is 1. The average Bonchev–Trinajstić information content (AvgIpc) is 2.94. The Hall–Kier alpha value is -1.22. The van der Waals surface area contributed by atoms with Crippen molar-refractivity contribution in [3.8, 4) is 0 Å². The van der Waals surface area contributed by atoms with Crippen LogP contribution in [0.15, 0.2) is 27.9 Å². The lowest BCUT2D eigenvalue weighted by molar-refractivity contribution is 0.172. The van der Waals surface area contributed by atoms with Crippen molar-refractivity contribution in [1.29, 1.82) is 0 Å². The summed E-state index contributed by atoms with van der Waals surface area (Å²) in [6.45, 7) is 1.20. The number of benzene rings is 1. The van der Waals surface area contributed by atoms with E-state index in [2.05, 4.69) is 4.98 Å². The number of aromatic amines is 1. The van der Waals surface area contributed by atoms with Gasteiger partial charge in [0.2, 0.25) is 10.0 Å². The van der Waals surface area contributed by atoms with Gasteiger partial charge in [-0.3, -0.25) is 4.79 Å². The number of H-pyrrole nitrogens is 1. The number of nitrogens with zero attached hydrogens (tertiary/aromatic N) is 1. The Balaban J connectivity index is 1.89. The Morgan fingerprint density at radius 1 is 1.38 bits per heavy atom. The predicted molar refractivity (Wildman–Crippen MR) is 95.1 cm³/mol. The highest BCUT2D eigenvalue weighted by molar-refractivity contribution is 7.89. The van der Waals surface area contributed by atoms with Crippen LogP contribution < -0.4 is 4.87 Å². The molecular formula is C16H22N2O4S2. The summed E-state index contributed by atoms with van der Waals surface area (Å²) in [6.07, 6.45) is 4.50. The minimum atomic E-state index is -3.55. The zero-order valence-electron chi connectivity index (χ0n) is 13.7. The maximum atomic E-state index is 13.1. The van der Waals surface area contributed by atoms with Crippen molar-refractivity contribution in [3.05, 3.63) is 27.9 Å². The first kappa shape index (κ1) is 17.6. The molecule has 0 radical (unpaired) electrons. The molecule has 1 aliphatic heterocycles. The van der Waals surface area contributed by atoms with Crippen LogP contribution in [0.4, 0.5) is 0 Å². The van der Waals surface area contributed by atoms with E-state index in [1.807, 2.05) is 0 Å². The Bertz CT molecular complexity index is 856. The van der Waals surface area contributed by atoms with Crippen molar-refractivity contribution in [1.82, 2.24) is 9.29 Å². The standard InChI is InChI=1S/C16H22N2O4S2/c1-22-10-4-6-12-5-2-3-9-18(12)24(20,21)13-7-8-14-15(11-13)23-16(19)17-14/h7-8,11-12H,2-6,9-10H2,1H3,(H,17,19)/t12-/m1/s1. The molecule has 8 heteroatoms. The van der Waals surface area contributed by atoms with Gasteiger partial charge < -0.3 is 9.72 Å². The zero-order valence-corrected chi connectivity index (χ0v) is 15.3. The summed E-state index contributed by atoms with van der Waals surface area (Å²) in [6, 6.07) is 4.89. The summed E-state index contributed by atoms with van der Waals surface area (Å²) in [5.74, 6) is 0. The molecule has 0 aliphatic carbocycles. The van der Waals surface area contributed by atoms with E-state index < -0.39 is 10.0 Å². The SMILES string of the molecule is COCCC[C@H]1CCCCN1S(=O)(=O)c1ccc2[nH]c(=O)sc2c1. The van der Waals surface area contributed by atoms with Gasteiger partial charge in [-0.25, -0.2) is 8.42 Å². The highest BCUT2D eigenvalue weighted by Gasteiger charge is 2.33. The van der Waals surface area contributed by atoms with Crippen LogP contribution in [-0.2, 0) is 14.8 Å². The molecule has 1 aromatic carbocycles. The van der Waals surface area contributed by atoms with Gasteiger partial charge in [0.05, 0.1) is 15.1 Å². The lowest BCUT2D eigenvalue weighted by Crippen LogP contribution is -2.43. The normalized spacial score (nSPS) is 19.8. The van der Waals surface area contributed by atoms with E-state index in [9.17, 15) is 13.2 Å². The lowest BCUT2D eigenvalue weighted by atomic mass is 10.0. The smallest absolute Gasteiger partial charge is 0.305 e. The molecule has 132 valence electrons. The molecule has 6 nitrogen and oxygen atoms in total. The average molecular weight is 370 g/mol. The molecule has 3 rings (SSSR count). The van der Waals surface area contributed by atoms with E-state index in [0.29, 0.717) is 23.4 Å². The number of rotatable bonds is 6. The number of piperidine rings is 1. The fourth-order valence-electron chi connectivity index (χ4n) is 3.26. The number of thiazole rings is 1. The van der Waals surface area contributed by atoms with Gasteiger partial charge in [-0.2, -0.15) is 4.31 Å². The minimum absolute atomic E-state index is 0.0274. The van der Waals surface area contributed by atoms with Crippen LogP contribution in [0.3, 0.4) is 0 Å². The van der Waals surface area contributed by atoms with Crippen molar-refractivity contribution in [2.45, 2.75) is 43.0 Å². The van der Waals surface area contributed by atoms with E-state index in [0.717, 1.165) is 43.4 Å². The van der Waals surface area contributed by atoms with E-state index in [1.54, 1.807) is 29.6 Å². The molecule has 0 bridgehead atoms. The van der Waals surface area contributed by atoms with E-state index in [4.69, 9.17) is 4.74 Å². The number of aromatic nitrogens is 1. The number of nitrogens with one attached hydrogen (secondary N) is 1. The summed E-state index contributed by atoms with van der Waals surface area (Å²) in [5, 5.41) is 0. The maximum Gasteiger partial charge on any atom is 0.305 e. The Morgan fingerprint density at radius 3 is 3.00 bits per heavy atom. The van der Waals surface area contributed by atoms with Crippen molar-refractivity contribution < 1.29 is 13.2 Å². The number of sulfonamides is 1. The molecular weight excluding hydrogens is 348 g/mol. The first-order chi connectivity index (χ1) is 11.5. The summed E-state index contributed by atoms with van der Waals surface area (Å²) < 4.78 is 33.6. The quantitative estimate of drug-likeness (QED) is 0.793. The van der Waals surface area contributed by atoms with Gasteiger partial charge in [-0.1, -0.05) is 17.8 Å². The highest BCUT2D eigenvalue weighted by Crippen LogP contribution is 2.29. The van der Waals surface area contributed by atoms with Crippen LogP contribution in [0, 0.1) is 0 Å². The molecule has 1 fully saturated rings. The second-order valence-corrected chi connectivity index (χ2v) is 8.98. The van der Waals surface area contributed by atoms with Crippen molar-refractivity contribution >= 4 is 31.6 Å². The molecule has 1 saturated heterocycles. The Kier molecular flexibility index (Phi) is 5.39. The van der Waals surface area contributed by atoms with Crippen molar-refractivity contribution in [2.75, 3.05) is 20.3 Å². The van der Waals surface area contributed by atoms with Gasteiger partial charge in [-0.15, -0.1) is 0 Å². The van der Waals surface area contributed by atoms with Crippen LogP contribution in [0.25, 0.3) is 10.2 Å². The molecule has 1 aromatic heterocycles. The number of ether oxygens (including phenoxy) is 1. The molecule has 0 spiro atoms. The third kappa shape index (κ3) is 3.56. The molecule has 0 unspecified atom stereocenters. The fourth-order valence-corrected chi connectivity index (χ4v) is 5.86. The third-order valence-corrected chi connectivity index (χ3v) is 7.25. The summed E-state index contributed by atoms with van der Waals surface area (Å²) in [7, 11) is -1.89. The first-order valence-electron chi connectivity index (χ1n) is 8.16. The number of fused-ring (bicyclic) bond motifs is 1. The van der Waals surface area contributed by atoms with E-state index >= 15 is 0 Å². The van der Waals surface area contributed by atoms with Crippen molar-refractivity contribution in [2.24, 2.45) is 0 Å². The largest absolute Gasteiger partial charge is 0.385 e. The second kappa shape index (κ2) is 7.35. The molecule has 0 saturated carbocycles. The second-order valence-electron chi connectivity index (χ2n) is 6.07. The first-order valence-corrected chi connectivity index (χ1v) is 10.4. The molecule has 2 aromatic rings. The van der Waals surface area contributed by atoms with Crippen molar-refractivity contribution in [3.63, 3.8) is 0 Å². The van der Waals surface area contributed by atoms with Crippen LogP contribution in [0.1, 0.15) is 32.1 Å². The van der Waals surface area contributed by atoms with Gasteiger partial charge in [0.25, 0.3) is 0 Å². The minimum Gasteiger partial charge on any atom is -0.385 e. The van der Waals surface area contributed by atoms with Crippen LogP contribution >= 0.6 is 11.3 Å². The molecule has 1 aliphatic rings. The van der Waals surface area contributed by atoms with E-state index in [-0.39, 0.29) is 15.8 Å². The Morgan fingerprint density at radius 2 is 2.21 bits per heavy atom. The molecule has 24 heavy (non-hydrogen) atoms. The summed E-state index contributed by atoms with van der Waals surface area (Å²) >= 11 is 1.04. The monoisotopic (exact) mass is 370 g/mol. The van der Waals surface area contributed by atoms with Crippen LogP contribution in [0.2, 0.25) is 0 Å². The van der Waals surface area contributed by atoms with E-state index in [1.165, 1.54) is 0 Å². The number of hydrogen-bond acceptors (Lipinski definition) is 5. The Labute approximate surface area is 145 Å². The maximum absolute atomic E-state index is 13.1. The summed E-state index contributed by atoms with van der Waals surface area (Å²) in [4.78, 5) is 14.2. The predicted octanol–water partition coefficient (Wildman–Crippen LogP) is 2.56. The fraction of sp³-hybridized carbons (Fsp3) is 0.562.